The molecule has 168 valence electrons. The molecule has 0 N–H and O–H groups in total. The van der Waals surface area contributed by atoms with Crippen LogP contribution in [0.3, 0.4) is 0 Å². The molecule has 0 radical (unpaired) electrons. The summed E-state index contributed by atoms with van der Waals surface area (Å²) in [7, 11) is -2.04. The predicted molar refractivity (Wildman–Crippen MR) is 141 cm³/mol. The number of hydrogen-bond acceptors (Lipinski definition) is 1. The Morgan fingerprint density at radius 2 is 1.15 bits per heavy atom. The number of rotatable bonds is 5. The van der Waals surface area contributed by atoms with Gasteiger partial charge in [-0.15, -0.1) is 0 Å². The van der Waals surface area contributed by atoms with Gasteiger partial charge in [0.25, 0.3) is 0 Å². The van der Waals surface area contributed by atoms with Gasteiger partial charge < -0.3 is 4.90 Å². The van der Waals surface area contributed by atoms with E-state index in [4.69, 9.17) is 0 Å². The smallest absolute Gasteiger partial charge is 0.231 e. The molecule has 2 saturated heterocycles. The van der Waals surface area contributed by atoms with Gasteiger partial charge in [0, 0.05) is 12.6 Å². The Hall–Kier alpha value is -3.43. The van der Waals surface area contributed by atoms with Crippen LogP contribution in [0.15, 0.2) is 121 Å². The Morgan fingerprint density at radius 1 is 0.647 bits per heavy atom. The van der Waals surface area contributed by atoms with Gasteiger partial charge in [0.1, 0.15) is 8.07 Å². The van der Waals surface area contributed by atoms with Crippen LogP contribution in [0.1, 0.15) is 17.0 Å². The van der Waals surface area contributed by atoms with Crippen LogP contribution < -0.4 is 10.4 Å². The van der Waals surface area contributed by atoms with Crippen LogP contribution in [0, 0.1) is 5.92 Å². The molecule has 0 bridgehead atoms. The van der Waals surface area contributed by atoms with Crippen LogP contribution in [0.2, 0.25) is 12.1 Å². The molecule has 3 heteroatoms. The summed E-state index contributed by atoms with van der Waals surface area (Å²) in [6.45, 7) is 0.693. The second kappa shape index (κ2) is 8.73. The van der Waals surface area contributed by atoms with Crippen LogP contribution in [-0.2, 0) is 11.3 Å². The van der Waals surface area contributed by atoms with Crippen molar-refractivity contribution in [3.8, 4) is 0 Å². The fraction of sp³-hybridized carbons (Fsp3) is 0.194. The van der Waals surface area contributed by atoms with E-state index in [2.05, 4.69) is 114 Å². The molecule has 0 unspecified atom stereocenters. The van der Waals surface area contributed by atoms with Crippen molar-refractivity contribution in [2.45, 2.75) is 30.6 Å². The standard InChI is InChI=1S/C31H29NOSi/c33-31-30(25-15-7-2-8-16-25)28-22-34(26-17-9-3-10-18-26,27-19-11-4-12-20-27)23-29(28)32(31)21-24-13-5-1-6-14-24/h1-20,28-30H,21-23H2/t28-,29+,30+/m1/s1. The van der Waals surface area contributed by atoms with E-state index in [-0.39, 0.29) is 12.0 Å². The molecule has 0 saturated carbocycles. The minimum atomic E-state index is -2.04. The first kappa shape index (κ1) is 21.1. The van der Waals surface area contributed by atoms with Crippen LogP contribution in [0.25, 0.3) is 0 Å². The molecular formula is C31H29NOSi. The third-order valence-corrected chi connectivity index (χ3v) is 13.2. The summed E-state index contributed by atoms with van der Waals surface area (Å²) >= 11 is 0. The van der Waals surface area contributed by atoms with Gasteiger partial charge in [-0.25, -0.2) is 0 Å². The quantitative estimate of drug-likeness (QED) is 0.382. The highest BCUT2D eigenvalue weighted by molar-refractivity contribution is 7.03. The first-order valence-corrected chi connectivity index (χ1v) is 14.7. The number of amides is 1. The fourth-order valence-electron chi connectivity index (χ4n) is 6.51. The Labute approximate surface area is 202 Å². The lowest BCUT2D eigenvalue weighted by molar-refractivity contribution is -0.130. The zero-order valence-electron chi connectivity index (χ0n) is 19.3. The van der Waals surface area contributed by atoms with Crippen molar-refractivity contribution in [3.05, 3.63) is 132 Å². The van der Waals surface area contributed by atoms with E-state index in [1.165, 1.54) is 21.5 Å². The average Bonchev–Trinajstić information content (AvgIpc) is 3.41. The molecule has 2 aliphatic heterocycles. The Bertz CT molecular complexity index is 1220. The maximum atomic E-state index is 13.9. The Kier molecular flexibility index (Phi) is 5.42. The van der Waals surface area contributed by atoms with Gasteiger partial charge >= 0.3 is 0 Å². The highest BCUT2D eigenvalue weighted by Crippen LogP contribution is 2.51. The van der Waals surface area contributed by atoms with Gasteiger partial charge in [-0.2, -0.15) is 0 Å². The monoisotopic (exact) mass is 459 g/mol. The summed E-state index contributed by atoms with van der Waals surface area (Å²) in [6.07, 6.45) is 0. The molecule has 2 heterocycles. The van der Waals surface area contributed by atoms with Crippen LogP contribution in [0.5, 0.6) is 0 Å². The van der Waals surface area contributed by atoms with E-state index >= 15 is 0 Å². The molecule has 6 rings (SSSR count). The second-order valence-corrected chi connectivity index (χ2v) is 13.9. The minimum Gasteiger partial charge on any atom is -0.335 e. The molecule has 0 spiro atoms. The molecule has 34 heavy (non-hydrogen) atoms. The zero-order valence-corrected chi connectivity index (χ0v) is 20.3. The van der Waals surface area contributed by atoms with Crippen molar-refractivity contribution in [2.75, 3.05) is 0 Å². The number of nitrogens with zero attached hydrogens (tertiary/aromatic N) is 1. The third-order valence-electron chi connectivity index (χ3n) is 8.02. The van der Waals surface area contributed by atoms with Gasteiger partial charge in [-0.05, 0) is 29.1 Å². The lowest BCUT2D eigenvalue weighted by atomic mass is 9.87. The summed E-state index contributed by atoms with van der Waals surface area (Å²) in [5, 5.41) is 2.99. The van der Waals surface area contributed by atoms with Gasteiger partial charge in [0.15, 0.2) is 0 Å². The first-order valence-electron chi connectivity index (χ1n) is 12.3. The van der Waals surface area contributed by atoms with E-state index in [1.54, 1.807) is 0 Å². The van der Waals surface area contributed by atoms with Gasteiger partial charge in [0.2, 0.25) is 5.91 Å². The Morgan fingerprint density at radius 3 is 1.71 bits per heavy atom. The number of carbonyl (C=O) groups excluding carboxylic acids is 1. The highest BCUT2D eigenvalue weighted by Gasteiger charge is 2.59. The lowest BCUT2D eigenvalue weighted by Gasteiger charge is -2.32. The van der Waals surface area contributed by atoms with Crippen molar-refractivity contribution < 1.29 is 4.79 Å². The largest absolute Gasteiger partial charge is 0.335 e. The molecule has 1 amide bonds. The van der Waals surface area contributed by atoms with Crippen molar-refractivity contribution in [1.82, 2.24) is 4.90 Å². The number of carbonyl (C=O) groups is 1. The summed E-state index contributed by atoms with van der Waals surface area (Å²) in [5.41, 5.74) is 2.38. The number of likely N-dealkylation sites (tertiary alicyclic amines) is 1. The third kappa shape index (κ3) is 3.52. The lowest BCUT2D eigenvalue weighted by Crippen LogP contribution is -2.57. The topological polar surface area (TPSA) is 20.3 Å². The molecule has 0 aromatic heterocycles. The summed E-state index contributed by atoms with van der Waals surface area (Å²) in [6, 6.07) is 45.8. The van der Waals surface area contributed by atoms with Crippen LogP contribution >= 0.6 is 0 Å². The van der Waals surface area contributed by atoms with Crippen LogP contribution in [-0.4, -0.2) is 24.9 Å². The first-order chi connectivity index (χ1) is 16.8. The van der Waals surface area contributed by atoms with E-state index < -0.39 is 8.07 Å². The van der Waals surface area contributed by atoms with E-state index in [9.17, 15) is 4.79 Å². The second-order valence-electron chi connectivity index (χ2n) is 9.79. The van der Waals surface area contributed by atoms with E-state index in [0.717, 1.165) is 12.1 Å². The maximum Gasteiger partial charge on any atom is 0.231 e. The van der Waals surface area contributed by atoms with Gasteiger partial charge in [-0.1, -0.05) is 132 Å². The molecule has 4 aromatic rings. The zero-order chi connectivity index (χ0) is 23.0. The highest BCUT2D eigenvalue weighted by atomic mass is 28.3. The van der Waals surface area contributed by atoms with Gasteiger partial charge in [0.05, 0.1) is 5.92 Å². The molecule has 0 aliphatic carbocycles. The maximum absolute atomic E-state index is 13.9. The number of benzene rings is 4. The molecule has 4 aromatic carbocycles. The Balaban J connectivity index is 1.47. The summed E-state index contributed by atoms with van der Waals surface area (Å²) < 4.78 is 0. The molecule has 2 aliphatic rings. The molecule has 2 nitrogen and oxygen atoms in total. The summed E-state index contributed by atoms with van der Waals surface area (Å²) in [5.74, 6) is 0.580. The molecule has 3 atom stereocenters. The SMILES string of the molecule is O=C1[C@@H](c2ccccc2)[C@@H]2C[Si](c3ccccc3)(c3ccccc3)C[C@@H]2N1Cc1ccccc1. The van der Waals surface area contributed by atoms with Crippen molar-refractivity contribution in [2.24, 2.45) is 5.92 Å². The van der Waals surface area contributed by atoms with Crippen molar-refractivity contribution in [3.63, 3.8) is 0 Å². The number of hydrogen-bond donors (Lipinski definition) is 0. The predicted octanol–water partition coefficient (Wildman–Crippen LogP) is 5.07. The van der Waals surface area contributed by atoms with Gasteiger partial charge in [-0.3, -0.25) is 4.79 Å². The fourth-order valence-corrected chi connectivity index (χ4v) is 12.2. The van der Waals surface area contributed by atoms with Crippen molar-refractivity contribution in [1.29, 1.82) is 0 Å². The number of fused-ring (bicyclic) bond motifs is 1. The molecular weight excluding hydrogens is 430 g/mol. The van der Waals surface area contributed by atoms with Crippen molar-refractivity contribution >= 4 is 24.4 Å². The molecule has 2 fully saturated rings. The van der Waals surface area contributed by atoms with Crippen LogP contribution in [0.4, 0.5) is 0 Å². The minimum absolute atomic E-state index is 0.0586. The normalized spacial score (nSPS) is 23.1. The van der Waals surface area contributed by atoms with E-state index in [1.807, 2.05) is 12.1 Å². The summed E-state index contributed by atoms with van der Waals surface area (Å²) in [4.78, 5) is 16.2. The average molecular weight is 460 g/mol. The van der Waals surface area contributed by atoms with E-state index in [0.29, 0.717) is 18.4 Å².